The van der Waals surface area contributed by atoms with E-state index in [9.17, 15) is 0 Å². The van der Waals surface area contributed by atoms with Crippen LogP contribution < -0.4 is 5.73 Å². The van der Waals surface area contributed by atoms with Gasteiger partial charge in [-0.15, -0.1) is 0 Å². The third-order valence-electron chi connectivity index (χ3n) is 4.52. The van der Waals surface area contributed by atoms with Crippen molar-refractivity contribution in [1.29, 1.82) is 0 Å². The average molecular weight is 245 g/mol. The highest BCUT2D eigenvalue weighted by Gasteiger charge is 2.31. The van der Waals surface area contributed by atoms with Gasteiger partial charge in [0.05, 0.1) is 0 Å². The third kappa shape index (κ3) is 3.35. The zero-order chi connectivity index (χ0) is 13.2. The molecule has 0 aliphatic heterocycles. The van der Waals surface area contributed by atoms with Crippen molar-refractivity contribution in [3.63, 3.8) is 0 Å². The maximum Gasteiger partial charge on any atom is 0.0195 e. The van der Waals surface area contributed by atoms with E-state index in [1.807, 2.05) is 0 Å². The maximum absolute atomic E-state index is 6.61. The topological polar surface area (TPSA) is 26.0 Å². The van der Waals surface area contributed by atoms with E-state index in [4.69, 9.17) is 5.73 Å². The molecule has 0 aromatic heterocycles. The third-order valence-corrected chi connectivity index (χ3v) is 4.52. The fraction of sp³-hybridized carbons (Fsp3) is 0.647. The summed E-state index contributed by atoms with van der Waals surface area (Å²) in [5.41, 5.74) is 10.8. The van der Waals surface area contributed by atoms with Crippen LogP contribution in [0.2, 0.25) is 0 Å². The van der Waals surface area contributed by atoms with Crippen molar-refractivity contribution in [1.82, 2.24) is 0 Å². The number of aryl methyl sites for hydroxylation is 2. The van der Waals surface area contributed by atoms with Gasteiger partial charge in [-0.3, -0.25) is 0 Å². The molecule has 1 aromatic carbocycles. The second kappa shape index (κ2) is 5.44. The van der Waals surface area contributed by atoms with Crippen LogP contribution in [0.1, 0.15) is 55.7 Å². The first-order valence-corrected chi connectivity index (χ1v) is 7.37. The molecule has 100 valence electrons. The molecule has 0 saturated heterocycles. The molecule has 1 nitrogen and oxygen atoms in total. The van der Waals surface area contributed by atoms with Crippen LogP contribution in [0, 0.1) is 19.8 Å². The van der Waals surface area contributed by atoms with E-state index >= 15 is 0 Å². The summed E-state index contributed by atoms with van der Waals surface area (Å²) in [6.07, 6.45) is 7.39. The van der Waals surface area contributed by atoms with Crippen molar-refractivity contribution < 1.29 is 0 Å². The predicted molar refractivity (Wildman–Crippen MR) is 78.8 cm³/mol. The van der Waals surface area contributed by atoms with E-state index in [0.717, 1.165) is 12.3 Å². The normalized spacial score (nSPS) is 28.3. The molecule has 0 amide bonds. The summed E-state index contributed by atoms with van der Waals surface area (Å²) in [4.78, 5) is 0. The minimum atomic E-state index is 0.0475. The Labute approximate surface area is 112 Å². The molecular formula is C17H27N. The summed E-state index contributed by atoms with van der Waals surface area (Å²) in [5.74, 6) is 0.918. The molecule has 1 saturated carbocycles. The molecule has 0 heterocycles. The number of benzene rings is 1. The van der Waals surface area contributed by atoms with Gasteiger partial charge in [0.15, 0.2) is 0 Å². The van der Waals surface area contributed by atoms with Gasteiger partial charge in [-0.1, -0.05) is 42.7 Å². The molecule has 0 spiro atoms. The summed E-state index contributed by atoms with van der Waals surface area (Å²) >= 11 is 0. The van der Waals surface area contributed by atoms with E-state index in [2.05, 4.69) is 39.0 Å². The molecule has 2 rings (SSSR count). The molecule has 18 heavy (non-hydrogen) atoms. The summed E-state index contributed by atoms with van der Waals surface area (Å²) in [7, 11) is 0. The lowest BCUT2D eigenvalue weighted by atomic mass is 9.73. The van der Waals surface area contributed by atoms with Crippen LogP contribution in [0.3, 0.4) is 0 Å². The molecule has 0 radical (unpaired) electrons. The Bertz CT molecular complexity index is 380. The molecule has 1 aliphatic rings. The van der Waals surface area contributed by atoms with E-state index in [0.29, 0.717) is 0 Å². The second-order valence-corrected chi connectivity index (χ2v) is 6.39. The monoisotopic (exact) mass is 245 g/mol. The van der Waals surface area contributed by atoms with Crippen LogP contribution in [0.5, 0.6) is 0 Å². The fourth-order valence-corrected chi connectivity index (χ4v) is 3.42. The van der Waals surface area contributed by atoms with E-state index < -0.39 is 0 Å². The minimum Gasteiger partial charge on any atom is -0.325 e. The van der Waals surface area contributed by atoms with Gasteiger partial charge >= 0.3 is 0 Å². The Hall–Kier alpha value is -0.820. The zero-order valence-electron chi connectivity index (χ0n) is 12.1. The highest BCUT2D eigenvalue weighted by Crippen LogP contribution is 2.34. The number of hydrogen-bond acceptors (Lipinski definition) is 1. The number of nitrogens with two attached hydrogens (primary N) is 1. The van der Waals surface area contributed by atoms with E-state index in [-0.39, 0.29) is 5.54 Å². The molecule has 0 unspecified atom stereocenters. The van der Waals surface area contributed by atoms with Crippen LogP contribution in [-0.2, 0) is 6.42 Å². The summed E-state index contributed by atoms with van der Waals surface area (Å²) in [5, 5.41) is 0. The number of hydrogen-bond donors (Lipinski definition) is 1. The van der Waals surface area contributed by atoms with Gasteiger partial charge in [0.2, 0.25) is 0 Å². The molecule has 1 heteroatoms. The lowest BCUT2D eigenvalue weighted by Crippen LogP contribution is -2.45. The first-order valence-electron chi connectivity index (χ1n) is 7.37. The molecular weight excluding hydrogens is 218 g/mol. The van der Waals surface area contributed by atoms with Gasteiger partial charge in [-0.05, 0) is 57.4 Å². The maximum atomic E-state index is 6.61. The second-order valence-electron chi connectivity index (χ2n) is 6.39. The molecule has 2 N–H and O–H groups in total. The van der Waals surface area contributed by atoms with E-state index in [1.54, 1.807) is 0 Å². The van der Waals surface area contributed by atoms with Crippen molar-refractivity contribution >= 4 is 0 Å². The lowest BCUT2D eigenvalue weighted by molar-refractivity contribution is 0.228. The molecule has 1 aromatic rings. The first kappa shape index (κ1) is 13.6. The van der Waals surface area contributed by atoms with Gasteiger partial charge in [0, 0.05) is 5.54 Å². The average Bonchev–Trinajstić information content (AvgIpc) is 2.28. The standard InChI is InChI=1S/C17H27N/c1-4-15-5-7-17(18,8-6-15)12-16-10-13(2)9-14(3)11-16/h9-11,15H,4-8,12,18H2,1-3H3. The van der Waals surface area contributed by atoms with Crippen molar-refractivity contribution in [2.24, 2.45) is 11.7 Å². The quantitative estimate of drug-likeness (QED) is 0.851. The van der Waals surface area contributed by atoms with Crippen molar-refractivity contribution in [3.8, 4) is 0 Å². The molecule has 1 fully saturated rings. The van der Waals surface area contributed by atoms with E-state index in [1.165, 1.54) is 48.8 Å². The SMILES string of the molecule is CCC1CCC(N)(Cc2cc(C)cc(C)c2)CC1. The van der Waals surface area contributed by atoms with Crippen molar-refractivity contribution in [2.45, 2.75) is 64.8 Å². The van der Waals surface area contributed by atoms with Gasteiger partial charge in [0.25, 0.3) is 0 Å². The lowest BCUT2D eigenvalue weighted by Gasteiger charge is -2.37. The zero-order valence-corrected chi connectivity index (χ0v) is 12.1. The van der Waals surface area contributed by atoms with Crippen molar-refractivity contribution in [2.75, 3.05) is 0 Å². The van der Waals surface area contributed by atoms with Crippen LogP contribution in [-0.4, -0.2) is 5.54 Å². The van der Waals surface area contributed by atoms with Crippen LogP contribution in [0.25, 0.3) is 0 Å². The Balaban J connectivity index is 2.04. The summed E-state index contributed by atoms with van der Waals surface area (Å²) < 4.78 is 0. The molecule has 1 aliphatic carbocycles. The van der Waals surface area contributed by atoms with Crippen LogP contribution in [0.15, 0.2) is 18.2 Å². The predicted octanol–water partition coefficient (Wildman–Crippen LogP) is 4.14. The van der Waals surface area contributed by atoms with Crippen LogP contribution in [0.4, 0.5) is 0 Å². The summed E-state index contributed by atoms with van der Waals surface area (Å²) in [6.45, 7) is 6.65. The van der Waals surface area contributed by atoms with Crippen molar-refractivity contribution in [3.05, 3.63) is 34.9 Å². The largest absolute Gasteiger partial charge is 0.325 e. The molecule has 0 bridgehead atoms. The Morgan fingerprint density at radius 3 is 2.17 bits per heavy atom. The van der Waals surface area contributed by atoms with Crippen LogP contribution >= 0.6 is 0 Å². The smallest absolute Gasteiger partial charge is 0.0195 e. The number of rotatable bonds is 3. The van der Waals surface area contributed by atoms with Gasteiger partial charge in [-0.25, -0.2) is 0 Å². The fourth-order valence-electron chi connectivity index (χ4n) is 3.42. The molecule has 0 atom stereocenters. The Kier molecular flexibility index (Phi) is 4.11. The first-order chi connectivity index (χ1) is 8.50. The minimum absolute atomic E-state index is 0.0475. The van der Waals surface area contributed by atoms with Gasteiger partial charge in [-0.2, -0.15) is 0 Å². The summed E-state index contributed by atoms with van der Waals surface area (Å²) in [6, 6.07) is 6.84. The highest BCUT2D eigenvalue weighted by molar-refractivity contribution is 5.29. The van der Waals surface area contributed by atoms with Gasteiger partial charge in [0.1, 0.15) is 0 Å². The highest BCUT2D eigenvalue weighted by atomic mass is 14.7. The Morgan fingerprint density at radius 2 is 1.67 bits per heavy atom. The van der Waals surface area contributed by atoms with Gasteiger partial charge < -0.3 is 5.73 Å². The Morgan fingerprint density at radius 1 is 1.11 bits per heavy atom.